The lowest BCUT2D eigenvalue weighted by molar-refractivity contribution is -0.135. The standard InChI is InChI=1S/C25H39N5O2/c1-19-14-20(2)17-30(16-19)24(31)18-28-9-11-29(12-10-28)25(26-3)27-8-6-21-4-5-23-22(15-21)7-13-32-23/h4-5,15,19-20H,6-14,16-18H2,1-3H3,(H,26,27). The van der Waals surface area contributed by atoms with Crippen molar-refractivity contribution in [3.8, 4) is 5.75 Å². The molecule has 7 heteroatoms. The zero-order chi connectivity index (χ0) is 22.5. The summed E-state index contributed by atoms with van der Waals surface area (Å²) in [7, 11) is 1.85. The van der Waals surface area contributed by atoms with Crippen molar-refractivity contribution in [1.82, 2.24) is 20.0 Å². The van der Waals surface area contributed by atoms with Gasteiger partial charge in [-0.15, -0.1) is 0 Å². The average Bonchev–Trinajstić information content (AvgIpc) is 3.25. The van der Waals surface area contributed by atoms with Gasteiger partial charge in [0.05, 0.1) is 13.2 Å². The van der Waals surface area contributed by atoms with Crippen molar-refractivity contribution in [3.63, 3.8) is 0 Å². The van der Waals surface area contributed by atoms with E-state index in [0.717, 1.165) is 77.0 Å². The third-order valence-corrected chi connectivity index (χ3v) is 6.91. The third-order valence-electron chi connectivity index (χ3n) is 6.91. The third kappa shape index (κ3) is 5.74. The first kappa shape index (κ1) is 22.9. The van der Waals surface area contributed by atoms with Gasteiger partial charge in [-0.25, -0.2) is 0 Å². The fraction of sp³-hybridized carbons (Fsp3) is 0.680. The normalized spacial score (nSPS) is 24.3. The van der Waals surface area contributed by atoms with Crippen LogP contribution in [0.25, 0.3) is 0 Å². The van der Waals surface area contributed by atoms with Crippen LogP contribution in [-0.2, 0) is 17.6 Å². The number of hydrogen-bond donors (Lipinski definition) is 1. The summed E-state index contributed by atoms with van der Waals surface area (Å²) in [4.78, 5) is 24.0. The summed E-state index contributed by atoms with van der Waals surface area (Å²) in [5.74, 6) is 3.51. The van der Waals surface area contributed by atoms with Gasteiger partial charge in [-0.1, -0.05) is 26.0 Å². The van der Waals surface area contributed by atoms with E-state index < -0.39 is 0 Å². The van der Waals surface area contributed by atoms with Crippen LogP contribution in [0.2, 0.25) is 0 Å². The Hall–Kier alpha value is -2.28. The number of piperazine rings is 1. The van der Waals surface area contributed by atoms with Crippen molar-refractivity contribution in [2.24, 2.45) is 16.8 Å². The molecule has 2 unspecified atom stereocenters. The molecular weight excluding hydrogens is 402 g/mol. The summed E-state index contributed by atoms with van der Waals surface area (Å²) < 4.78 is 5.60. The van der Waals surface area contributed by atoms with Crippen LogP contribution in [0.3, 0.4) is 0 Å². The van der Waals surface area contributed by atoms with E-state index in [0.29, 0.717) is 24.3 Å². The largest absolute Gasteiger partial charge is 0.493 e. The zero-order valence-corrected chi connectivity index (χ0v) is 20.0. The van der Waals surface area contributed by atoms with Crippen molar-refractivity contribution in [2.75, 3.05) is 66.0 Å². The predicted octanol–water partition coefficient (Wildman–Crippen LogP) is 1.86. The van der Waals surface area contributed by atoms with Gasteiger partial charge in [0.15, 0.2) is 5.96 Å². The quantitative estimate of drug-likeness (QED) is 0.558. The van der Waals surface area contributed by atoms with Crippen LogP contribution >= 0.6 is 0 Å². The molecule has 0 radical (unpaired) electrons. The Morgan fingerprint density at radius 3 is 2.59 bits per heavy atom. The number of nitrogens with zero attached hydrogens (tertiary/aromatic N) is 4. The average molecular weight is 442 g/mol. The molecule has 1 aromatic rings. The number of aliphatic imine (C=N–C) groups is 1. The van der Waals surface area contributed by atoms with Gasteiger partial charge < -0.3 is 19.9 Å². The highest BCUT2D eigenvalue weighted by molar-refractivity contribution is 5.80. The summed E-state index contributed by atoms with van der Waals surface area (Å²) in [5.41, 5.74) is 2.66. The lowest BCUT2D eigenvalue weighted by Crippen LogP contribution is -2.55. The van der Waals surface area contributed by atoms with E-state index in [9.17, 15) is 4.79 Å². The SMILES string of the molecule is CN=C(NCCc1ccc2c(c1)CCO2)N1CCN(CC(=O)N2CC(C)CC(C)C2)CC1. The Labute approximate surface area is 192 Å². The van der Waals surface area contributed by atoms with Gasteiger partial charge in [-0.3, -0.25) is 14.7 Å². The molecule has 1 amide bonds. The van der Waals surface area contributed by atoms with E-state index >= 15 is 0 Å². The summed E-state index contributed by atoms with van der Waals surface area (Å²) >= 11 is 0. The van der Waals surface area contributed by atoms with Crippen LogP contribution in [0.15, 0.2) is 23.2 Å². The molecular formula is C25H39N5O2. The highest BCUT2D eigenvalue weighted by Crippen LogP contribution is 2.26. The molecule has 0 aliphatic carbocycles. The number of amides is 1. The van der Waals surface area contributed by atoms with Gasteiger partial charge >= 0.3 is 0 Å². The Bertz CT molecular complexity index is 809. The number of rotatable bonds is 5. The second-order valence-electron chi connectivity index (χ2n) is 9.77. The monoisotopic (exact) mass is 441 g/mol. The second kappa shape index (κ2) is 10.6. The van der Waals surface area contributed by atoms with Crippen LogP contribution in [0.1, 0.15) is 31.4 Å². The molecule has 0 bridgehead atoms. The summed E-state index contributed by atoms with van der Waals surface area (Å²) in [6, 6.07) is 6.53. The number of benzene rings is 1. The molecule has 2 atom stereocenters. The first-order chi connectivity index (χ1) is 15.5. The number of carbonyl (C=O) groups is 1. The Balaban J connectivity index is 1.19. The number of hydrogen-bond acceptors (Lipinski definition) is 4. The molecule has 3 aliphatic heterocycles. The molecule has 32 heavy (non-hydrogen) atoms. The number of likely N-dealkylation sites (tertiary alicyclic amines) is 1. The highest BCUT2D eigenvalue weighted by atomic mass is 16.5. The van der Waals surface area contributed by atoms with E-state index in [4.69, 9.17) is 4.74 Å². The minimum absolute atomic E-state index is 0.291. The Morgan fingerprint density at radius 1 is 1.12 bits per heavy atom. The van der Waals surface area contributed by atoms with Crippen LogP contribution in [0.4, 0.5) is 0 Å². The highest BCUT2D eigenvalue weighted by Gasteiger charge is 2.28. The maximum absolute atomic E-state index is 12.8. The number of carbonyl (C=O) groups excluding carboxylic acids is 1. The van der Waals surface area contributed by atoms with E-state index in [-0.39, 0.29) is 0 Å². The molecule has 3 aliphatic rings. The van der Waals surface area contributed by atoms with Gasteiger partial charge in [0.25, 0.3) is 0 Å². The molecule has 4 rings (SSSR count). The molecule has 7 nitrogen and oxygen atoms in total. The fourth-order valence-corrected chi connectivity index (χ4v) is 5.32. The molecule has 0 aromatic heterocycles. The number of fused-ring (bicyclic) bond motifs is 1. The van der Waals surface area contributed by atoms with Gasteiger partial charge in [0.1, 0.15) is 5.75 Å². The first-order valence-electron chi connectivity index (χ1n) is 12.2. The molecule has 2 saturated heterocycles. The molecule has 1 aromatic carbocycles. The van der Waals surface area contributed by atoms with Crippen LogP contribution in [-0.4, -0.2) is 92.6 Å². The van der Waals surface area contributed by atoms with E-state index in [2.05, 4.69) is 57.1 Å². The number of ether oxygens (including phenoxy) is 1. The van der Waals surface area contributed by atoms with Crippen LogP contribution in [0.5, 0.6) is 5.75 Å². The van der Waals surface area contributed by atoms with Crippen molar-refractivity contribution in [2.45, 2.75) is 33.1 Å². The van der Waals surface area contributed by atoms with Crippen LogP contribution in [0, 0.1) is 11.8 Å². The van der Waals surface area contributed by atoms with Gasteiger partial charge in [0, 0.05) is 59.3 Å². The summed E-state index contributed by atoms with van der Waals surface area (Å²) in [6.07, 6.45) is 3.21. The first-order valence-corrected chi connectivity index (χ1v) is 12.2. The molecule has 2 fully saturated rings. The maximum atomic E-state index is 12.8. The Morgan fingerprint density at radius 2 is 1.88 bits per heavy atom. The van der Waals surface area contributed by atoms with E-state index in [1.165, 1.54) is 17.5 Å². The minimum atomic E-state index is 0.291. The smallest absolute Gasteiger partial charge is 0.236 e. The van der Waals surface area contributed by atoms with Crippen molar-refractivity contribution < 1.29 is 9.53 Å². The fourth-order valence-electron chi connectivity index (χ4n) is 5.32. The molecule has 176 valence electrons. The topological polar surface area (TPSA) is 60.4 Å². The molecule has 1 N–H and O–H groups in total. The molecule has 0 spiro atoms. The van der Waals surface area contributed by atoms with Crippen LogP contribution < -0.4 is 10.1 Å². The van der Waals surface area contributed by atoms with E-state index in [1.807, 2.05) is 7.05 Å². The lowest BCUT2D eigenvalue weighted by Gasteiger charge is -2.39. The number of guanidine groups is 1. The summed E-state index contributed by atoms with van der Waals surface area (Å²) in [5, 5.41) is 3.52. The van der Waals surface area contributed by atoms with Gasteiger partial charge in [-0.05, 0) is 41.9 Å². The molecule has 0 saturated carbocycles. The van der Waals surface area contributed by atoms with Gasteiger partial charge in [-0.2, -0.15) is 0 Å². The Kier molecular flexibility index (Phi) is 7.55. The van der Waals surface area contributed by atoms with Crippen molar-refractivity contribution in [1.29, 1.82) is 0 Å². The number of piperidine rings is 1. The summed E-state index contributed by atoms with van der Waals surface area (Å²) in [6.45, 7) is 12.1. The maximum Gasteiger partial charge on any atom is 0.236 e. The number of nitrogens with one attached hydrogen (secondary N) is 1. The van der Waals surface area contributed by atoms with E-state index in [1.54, 1.807) is 0 Å². The second-order valence-corrected chi connectivity index (χ2v) is 9.77. The predicted molar refractivity (Wildman–Crippen MR) is 128 cm³/mol. The van der Waals surface area contributed by atoms with Crippen molar-refractivity contribution >= 4 is 11.9 Å². The lowest BCUT2D eigenvalue weighted by atomic mass is 9.92. The van der Waals surface area contributed by atoms with Gasteiger partial charge in [0.2, 0.25) is 5.91 Å². The minimum Gasteiger partial charge on any atom is -0.493 e. The van der Waals surface area contributed by atoms with Crippen molar-refractivity contribution in [3.05, 3.63) is 29.3 Å². The zero-order valence-electron chi connectivity index (χ0n) is 20.0. The molecule has 3 heterocycles.